The Labute approximate surface area is 126 Å². The van der Waals surface area contributed by atoms with Crippen LogP contribution in [0.4, 0.5) is 5.13 Å². The van der Waals surface area contributed by atoms with Crippen LogP contribution in [-0.2, 0) is 6.42 Å². The number of hydrogen-bond donors (Lipinski definition) is 2. The molecule has 2 aromatic rings. The maximum absolute atomic E-state index is 12.0. The standard InChI is InChI=1S/C14H16N4O2S/c1-3-11-12(21-14(15)17-11)13(19)18-16-8-9-5-4-6-10(7-9)20-2/h4-8H,3H2,1-2H3,(H2,15,17)(H,18,19)/b16-8-. The van der Waals surface area contributed by atoms with Crippen LogP contribution in [0, 0.1) is 0 Å². The van der Waals surface area contributed by atoms with Gasteiger partial charge in [0.25, 0.3) is 5.91 Å². The number of benzene rings is 1. The van der Waals surface area contributed by atoms with Gasteiger partial charge in [0.05, 0.1) is 19.0 Å². The van der Waals surface area contributed by atoms with Crippen molar-refractivity contribution in [2.24, 2.45) is 5.10 Å². The number of thiazole rings is 1. The van der Waals surface area contributed by atoms with E-state index in [1.807, 2.05) is 31.2 Å². The first-order chi connectivity index (χ1) is 10.1. The predicted molar refractivity (Wildman–Crippen MR) is 84.0 cm³/mol. The summed E-state index contributed by atoms with van der Waals surface area (Å²) in [5, 5.41) is 4.32. The van der Waals surface area contributed by atoms with E-state index in [1.165, 1.54) is 0 Å². The molecule has 0 aliphatic heterocycles. The van der Waals surface area contributed by atoms with Gasteiger partial charge in [-0.1, -0.05) is 30.4 Å². The van der Waals surface area contributed by atoms with Crippen molar-refractivity contribution < 1.29 is 9.53 Å². The second-order valence-corrected chi connectivity index (χ2v) is 5.19. The molecule has 3 N–H and O–H groups in total. The fourth-order valence-electron chi connectivity index (χ4n) is 1.73. The smallest absolute Gasteiger partial charge is 0.283 e. The van der Waals surface area contributed by atoms with E-state index in [4.69, 9.17) is 10.5 Å². The van der Waals surface area contributed by atoms with Gasteiger partial charge in [0.1, 0.15) is 10.6 Å². The van der Waals surface area contributed by atoms with Crippen molar-refractivity contribution in [3.8, 4) is 5.75 Å². The third-order valence-corrected chi connectivity index (χ3v) is 3.65. The molecule has 110 valence electrons. The van der Waals surface area contributed by atoms with E-state index in [2.05, 4.69) is 15.5 Å². The molecule has 0 atom stereocenters. The highest BCUT2D eigenvalue weighted by Crippen LogP contribution is 2.20. The molecule has 0 aliphatic carbocycles. The van der Waals surface area contributed by atoms with Gasteiger partial charge in [-0.25, -0.2) is 10.4 Å². The summed E-state index contributed by atoms with van der Waals surface area (Å²) in [6.07, 6.45) is 2.20. The van der Waals surface area contributed by atoms with Gasteiger partial charge < -0.3 is 10.5 Å². The van der Waals surface area contributed by atoms with Crippen LogP contribution in [0.1, 0.15) is 27.9 Å². The number of hydrazone groups is 1. The molecule has 1 amide bonds. The first-order valence-electron chi connectivity index (χ1n) is 6.36. The number of nitrogens with two attached hydrogens (primary N) is 1. The normalized spacial score (nSPS) is 10.8. The molecule has 0 saturated carbocycles. The number of rotatable bonds is 5. The summed E-state index contributed by atoms with van der Waals surface area (Å²) in [6, 6.07) is 7.36. The Morgan fingerprint density at radius 3 is 3.10 bits per heavy atom. The lowest BCUT2D eigenvalue weighted by Gasteiger charge is -2.00. The number of nitrogens with one attached hydrogen (secondary N) is 1. The molecule has 0 fully saturated rings. The first kappa shape index (κ1) is 15.0. The van der Waals surface area contributed by atoms with Crippen LogP contribution < -0.4 is 15.9 Å². The topological polar surface area (TPSA) is 89.6 Å². The fourth-order valence-corrected chi connectivity index (χ4v) is 2.54. The summed E-state index contributed by atoms with van der Waals surface area (Å²) in [5.74, 6) is 0.425. The number of amides is 1. The van der Waals surface area contributed by atoms with Crippen LogP contribution in [0.25, 0.3) is 0 Å². The van der Waals surface area contributed by atoms with Crippen molar-refractivity contribution in [2.45, 2.75) is 13.3 Å². The lowest BCUT2D eigenvalue weighted by atomic mass is 10.2. The lowest BCUT2D eigenvalue weighted by Crippen LogP contribution is -2.17. The van der Waals surface area contributed by atoms with Crippen molar-refractivity contribution in [1.82, 2.24) is 10.4 Å². The Morgan fingerprint density at radius 1 is 1.57 bits per heavy atom. The van der Waals surface area contributed by atoms with Gasteiger partial charge in [-0.15, -0.1) is 0 Å². The fraction of sp³-hybridized carbons (Fsp3) is 0.214. The van der Waals surface area contributed by atoms with E-state index in [0.29, 0.717) is 22.1 Å². The van der Waals surface area contributed by atoms with Crippen LogP contribution in [0.3, 0.4) is 0 Å². The van der Waals surface area contributed by atoms with E-state index >= 15 is 0 Å². The molecule has 1 aromatic carbocycles. The average Bonchev–Trinajstić information content (AvgIpc) is 2.88. The molecule has 7 heteroatoms. The number of nitrogen functional groups attached to an aromatic ring is 1. The SMILES string of the molecule is CCc1nc(N)sc1C(=O)N/N=C\c1cccc(OC)c1. The van der Waals surface area contributed by atoms with E-state index in [-0.39, 0.29) is 5.91 Å². The Morgan fingerprint density at radius 2 is 2.38 bits per heavy atom. The van der Waals surface area contributed by atoms with Gasteiger partial charge in [0.15, 0.2) is 5.13 Å². The summed E-state index contributed by atoms with van der Waals surface area (Å²) in [7, 11) is 1.60. The number of carbonyl (C=O) groups excluding carboxylic acids is 1. The first-order valence-corrected chi connectivity index (χ1v) is 7.18. The quantitative estimate of drug-likeness (QED) is 0.653. The van der Waals surface area contributed by atoms with Gasteiger partial charge in [0, 0.05) is 0 Å². The summed E-state index contributed by atoms with van der Waals surface area (Å²) < 4.78 is 5.12. The predicted octanol–water partition coefficient (Wildman–Crippen LogP) is 2.06. The molecule has 21 heavy (non-hydrogen) atoms. The molecule has 1 aromatic heterocycles. The molecule has 0 aliphatic rings. The van der Waals surface area contributed by atoms with Crippen LogP contribution >= 0.6 is 11.3 Å². The molecule has 2 rings (SSSR count). The maximum atomic E-state index is 12.0. The lowest BCUT2D eigenvalue weighted by molar-refractivity contribution is 0.0958. The van der Waals surface area contributed by atoms with Crippen LogP contribution in [0.15, 0.2) is 29.4 Å². The van der Waals surface area contributed by atoms with Crippen LogP contribution in [0.5, 0.6) is 5.75 Å². The van der Waals surface area contributed by atoms with Crippen LogP contribution in [-0.4, -0.2) is 24.2 Å². The van der Waals surface area contributed by atoms with Gasteiger partial charge in [-0.2, -0.15) is 5.10 Å². The number of nitrogens with zero attached hydrogens (tertiary/aromatic N) is 2. The third kappa shape index (κ3) is 3.79. The second-order valence-electron chi connectivity index (χ2n) is 4.16. The summed E-state index contributed by atoms with van der Waals surface area (Å²) >= 11 is 1.16. The molecular weight excluding hydrogens is 288 g/mol. The number of anilines is 1. The van der Waals surface area contributed by atoms with Crippen molar-refractivity contribution in [1.29, 1.82) is 0 Å². The monoisotopic (exact) mass is 304 g/mol. The Balaban J connectivity index is 2.04. The number of hydrogen-bond acceptors (Lipinski definition) is 6. The summed E-state index contributed by atoms with van der Waals surface area (Å²) in [4.78, 5) is 16.6. The van der Waals surface area contributed by atoms with E-state index in [0.717, 1.165) is 22.6 Å². The van der Waals surface area contributed by atoms with Crippen molar-refractivity contribution in [3.63, 3.8) is 0 Å². The van der Waals surface area contributed by atoms with Crippen LogP contribution in [0.2, 0.25) is 0 Å². The Hall–Kier alpha value is -2.41. The number of ether oxygens (including phenoxy) is 1. The Kier molecular flexibility index (Phi) is 4.89. The van der Waals surface area contributed by atoms with Gasteiger partial charge in [-0.3, -0.25) is 4.79 Å². The zero-order valence-electron chi connectivity index (χ0n) is 11.8. The Bertz CT molecular complexity index is 667. The van der Waals surface area contributed by atoms with E-state index < -0.39 is 0 Å². The summed E-state index contributed by atoms with van der Waals surface area (Å²) in [6.45, 7) is 1.92. The minimum atomic E-state index is -0.305. The highest BCUT2D eigenvalue weighted by molar-refractivity contribution is 7.17. The zero-order valence-corrected chi connectivity index (χ0v) is 12.6. The highest BCUT2D eigenvalue weighted by atomic mass is 32.1. The van der Waals surface area contributed by atoms with Gasteiger partial charge in [0.2, 0.25) is 0 Å². The van der Waals surface area contributed by atoms with E-state index in [9.17, 15) is 4.79 Å². The van der Waals surface area contributed by atoms with Gasteiger partial charge in [-0.05, 0) is 24.1 Å². The molecule has 0 bridgehead atoms. The summed E-state index contributed by atoms with van der Waals surface area (Å²) in [5.41, 5.74) is 9.61. The van der Waals surface area contributed by atoms with E-state index in [1.54, 1.807) is 13.3 Å². The molecule has 0 spiro atoms. The average molecular weight is 304 g/mol. The van der Waals surface area contributed by atoms with Crippen molar-refractivity contribution in [3.05, 3.63) is 40.4 Å². The number of carbonyl (C=O) groups is 1. The second kappa shape index (κ2) is 6.85. The molecule has 0 saturated heterocycles. The third-order valence-electron chi connectivity index (χ3n) is 2.73. The van der Waals surface area contributed by atoms with Crippen molar-refractivity contribution in [2.75, 3.05) is 12.8 Å². The molecular formula is C14H16N4O2S. The maximum Gasteiger partial charge on any atom is 0.283 e. The minimum absolute atomic E-state index is 0.305. The van der Waals surface area contributed by atoms with Gasteiger partial charge >= 0.3 is 0 Å². The molecule has 6 nitrogen and oxygen atoms in total. The number of aromatic nitrogens is 1. The number of methoxy groups -OCH3 is 1. The number of aryl methyl sites for hydroxylation is 1. The largest absolute Gasteiger partial charge is 0.497 e. The molecule has 0 unspecified atom stereocenters. The minimum Gasteiger partial charge on any atom is -0.497 e. The molecule has 1 heterocycles. The van der Waals surface area contributed by atoms with Crippen molar-refractivity contribution >= 4 is 28.6 Å². The zero-order chi connectivity index (χ0) is 15.2. The molecule has 0 radical (unpaired) electrons. The highest BCUT2D eigenvalue weighted by Gasteiger charge is 2.15.